The summed E-state index contributed by atoms with van der Waals surface area (Å²) >= 11 is 0. The Labute approximate surface area is 215 Å². The summed E-state index contributed by atoms with van der Waals surface area (Å²) in [6, 6.07) is 11.9. The first-order chi connectivity index (χ1) is 18.1. The summed E-state index contributed by atoms with van der Waals surface area (Å²) in [6.07, 6.45) is 6.66. The minimum atomic E-state index is -0.215. The zero-order valence-electron chi connectivity index (χ0n) is 21.0. The maximum atomic E-state index is 13.2. The maximum absolute atomic E-state index is 13.2. The molecule has 37 heavy (non-hydrogen) atoms. The Morgan fingerprint density at radius 3 is 2.70 bits per heavy atom. The van der Waals surface area contributed by atoms with Gasteiger partial charge in [0.25, 0.3) is 11.9 Å². The molecule has 1 unspecified atom stereocenters. The van der Waals surface area contributed by atoms with E-state index in [0.29, 0.717) is 49.2 Å². The summed E-state index contributed by atoms with van der Waals surface area (Å²) in [5, 5.41) is 7.69. The number of carbonyl (C=O) groups excluding carboxylic acids is 1. The van der Waals surface area contributed by atoms with Crippen molar-refractivity contribution in [3.8, 4) is 17.1 Å². The lowest BCUT2D eigenvalue weighted by atomic mass is 10.1. The van der Waals surface area contributed by atoms with Crippen molar-refractivity contribution < 1.29 is 13.9 Å². The first-order valence-electron chi connectivity index (χ1n) is 12.9. The molecule has 6 rings (SSSR count). The van der Waals surface area contributed by atoms with Gasteiger partial charge in [-0.1, -0.05) is 30.3 Å². The molecule has 2 aliphatic heterocycles. The van der Waals surface area contributed by atoms with Crippen molar-refractivity contribution in [2.75, 3.05) is 51.3 Å². The van der Waals surface area contributed by atoms with Gasteiger partial charge in [0.1, 0.15) is 5.52 Å². The Kier molecular flexibility index (Phi) is 6.58. The first-order valence-corrected chi connectivity index (χ1v) is 12.9. The monoisotopic (exact) mass is 501 g/mol. The second-order valence-corrected chi connectivity index (χ2v) is 9.72. The van der Waals surface area contributed by atoms with Crippen LogP contribution in [0.4, 0.5) is 5.82 Å². The van der Waals surface area contributed by atoms with Gasteiger partial charge in [0, 0.05) is 37.0 Å². The summed E-state index contributed by atoms with van der Waals surface area (Å²) in [6.45, 7) is 4.58. The molecule has 5 heterocycles. The molecule has 1 N–H and O–H groups in total. The quantitative estimate of drug-likeness (QED) is 0.445. The van der Waals surface area contributed by atoms with Gasteiger partial charge in [-0.3, -0.25) is 4.79 Å². The normalized spacial score (nSPS) is 19.2. The van der Waals surface area contributed by atoms with Crippen molar-refractivity contribution >= 4 is 22.8 Å². The lowest BCUT2D eigenvalue weighted by Crippen LogP contribution is -2.37. The topological polar surface area (TPSA) is 102 Å². The molecule has 1 amide bonds. The number of fused-ring (bicyclic) bond motifs is 1. The molecular weight excluding hydrogens is 470 g/mol. The first kappa shape index (κ1) is 23.6. The van der Waals surface area contributed by atoms with Crippen molar-refractivity contribution in [1.82, 2.24) is 30.0 Å². The molecule has 0 spiro atoms. The highest BCUT2D eigenvalue weighted by molar-refractivity contribution is 5.97. The van der Waals surface area contributed by atoms with Crippen LogP contribution in [0.2, 0.25) is 0 Å². The van der Waals surface area contributed by atoms with Crippen molar-refractivity contribution in [3.63, 3.8) is 0 Å². The highest BCUT2D eigenvalue weighted by Gasteiger charge is 2.25. The predicted octanol–water partition coefficient (Wildman–Crippen LogP) is 3.13. The molecule has 1 atom stereocenters. The van der Waals surface area contributed by atoms with Crippen LogP contribution in [0.25, 0.3) is 28.2 Å². The molecule has 2 saturated heterocycles. The Bertz CT molecular complexity index is 1380. The van der Waals surface area contributed by atoms with Crippen LogP contribution in [0.3, 0.4) is 0 Å². The van der Waals surface area contributed by atoms with E-state index < -0.39 is 0 Å². The number of nitrogens with zero attached hydrogens (tertiary/aromatic N) is 6. The number of amides is 1. The Morgan fingerprint density at radius 1 is 1.03 bits per heavy atom. The molecule has 0 bridgehead atoms. The molecule has 2 aliphatic rings. The van der Waals surface area contributed by atoms with Crippen LogP contribution >= 0.6 is 0 Å². The number of nitrogens with one attached hydrogen (secondary N) is 1. The van der Waals surface area contributed by atoms with E-state index >= 15 is 0 Å². The molecular formula is C27H31N7O3. The number of hydrogen-bond acceptors (Lipinski definition) is 8. The number of ether oxygens (including phenoxy) is 1. The molecule has 0 radical (unpaired) electrons. The standard InChI is InChI=1S/C27H31N7O3/c1-32-10-5-8-21(9-11-32)29-26(35)23-16-22-24(37-23)25(33-12-14-36-15-13-33)31-27(30-22)34-18-20(17-28-34)19-6-3-2-4-7-19/h2-4,6-7,16-18,21H,5,8-15H2,1H3,(H,29,35). The van der Waals surface area contributed by atoms with E-state index in [9.17, 15) is 4.79 Å². The number of carbonyl (C=O) groups is 1. The molecule has 4 aromatic rings. The molecule has 0 aliphatic carbocycles. The Balaban J connectivity index is 1.34. The van der Waals surface area contributed by atoms with Gasteiger partial charge in [-0.2, -0.15) is 10.1 Å². The third-order valence-electron chi connectivity index (χ3n) is 7.06. The summed E-state index contributed by atoms with van der Waals surface area (Å²) in [5.41, 5.74) is 3.12. The van der Waals surface area contributed by atoms with Gasteiger partial charge < -0.3 is 24.3 Å². The van der Waals surface area contributed by atoms with Crippen molar-refractivity contribution in [3.05, 3.63) is 54.6 Å². The number of morpholine rings is 1. The number of rotatable bonds is 5. The number of benzene rings is 1. The van der Waals surface area contributed by atoms with Gasteiger partial charge in [-0.15, -0.1) is 0 Å². The molecule has 1 aromatic carbocycles. The van der Waals surface area contributed by atoms with Gasteiger partial charge in [-0.25, -0.2) is 9.67 Å². The SMILES string of the molecule is CN1CCCC(NC(=O)c2cc3nc(-n4cc(-c5ccccc5)cn4)nc(N4CCOCC4)c3o2)CC1. The van der Waals surface area contributed by atoms with Crippen molar-refractivity contribution in [2.24, 2.45) is 0 Å². The van der Waals surface area contributed by atoms with E-state index in [2.05, 4.69) is 27.3 Å². The van der Waals surface area contributed by atoms with Crippen LogP contribution in [0.1, 0.15) is 29.8 Å². The van der Waals surface area contributed by atoms with Gasteiger partial charge in [0.15, 0.2) is 17.2 Å². The molecule has 10 heteroatoms. The van der Waals surface area contributed by atoms with Crippen molar-refractivity contribution in [2.45, 2.75) is 25.3 Å². The summed E-state index contributed by atoms with van der Waals surface area (Å²) in [5.74, 6) is 1.11. The highest BCUT2D eigenvalue weighted by Crippen LogP contribution is 2.29. The van der Waals surface area contributed by atoms with E-state index in [-0.39, 0.29) is 17.7 Å². The molecule has 192 valence electrons. The predicted molar refractivity (Wildman–Crippen MR) is 140 cm³/mol. The van der Waals surface area contributed by atoms with Crippen LogP contribution in [0.15, 0.2) is 53.2 Å². The molecule has 3 aromatic heterocycles. The van der Waals surface area contributed by atoms with E-state index in [0.717, 1.165) is 43.5 Å². The minimum absolute atomic E-state index is 0.131. The number of anilines is 1. The fraction of sp³-hybridized carbons (Fsp3) is 0.407. The van der Waals surface area contributed by atoms with Gasteiger partial charge in [0.2, 0.25) is 0 Å². The molecule has 0 saturated carbocycles. The van der Waals surface area contributed by atoms with Crippen molar-refractivity contribution in [1.29, 1.82) is 0 Å². The summed E-state index contributed by atoms with van der Waals surface area (Å²) in [7, 11) is 2.12. The molecule has 10 nitrogen and oxygen atoms in total. The fourth-order valence-corrected chi connectivity index (χ4v) is 4.96. The average Bonchev–Trinajstić information content (AvgIpc) is 3.55. The largest absolute Gasteiger partial charge is 0.445 e. The van der Waals surface area contributed by atoms with Crippen LogP contribution in [-0.2, 0) is 4.74 Å². The second kappa shape index (κ2) is 10.3. The van der Waals surface area contributed by atoms with Gasteiger partial charge in [0.05, 0.1) is 19.4 Å². The number of hydrogen-bond donors (Lipinski definition) is 1. The highest BCUT2D eigenvalue weighted by atomic mass is 16.5. The zero-order chi connectivity index (χ0) is 25.2. The van der Waals surface area contributed by atoms with Crippen LogP contribution in [0.5, 0.6) is 0 Å². The second-order valence-electron chi connectivity index (χ2n) is 9.72. The minimum Gasteiger partial charge on any atom is -0.445 e. The van der Waals surface area contributed by atoms with E-state index in [1.165, 1.54) is 0 Å². The number of furan rings is 1. The third-order valence-corrected chi connectivity index (χ3v) is 7.06. The van der Waals surface area contributed by atoms with E-state index in [4.69, 9.17) is 19.1 Å². The summed E-state index contributed by atoms with van der Waals surface area (Å²) in [4.78, 5) is 27.2. The summed E-state index contributed by atoms with van der Waals surface area (Å²) < 4.78 is 13.3. The maximum Gasteiger partial charge on any atom is 0.287 e. The zero-order valence-corrected chi connectivity index (χ0v) is 21.0. The van der Waals surface area contributed by atoms with E-state index in [1.54, 1.807) is 16.9 Å². The van der Waals surface area contributed by atoms with Crippen LogP contribution < -0.4 is 10.2 Å². The molecule has 2 fully saturated rings. The van der Waals surface area contributed by atoms with E-state index in [1.807, 2.05) is 36.5 Å². The lowest BCUT2D eigenvalue weighted by Gasteiger charge is -2.27. The smallest absolute Gasteiger partial charge is 0.287 e. The van der Waals surface area contributed by atoms with Crippen LogP contribution in [0, 0.1) is 0 Å². The number of aromatic nitrogens is 4. The lowest BCUT2D eigenvalue weighted by molar-refractivity contribution is 0.0907. The average molecular weight is 502 g/mol. The Hall–Kier alpha value is -3.76. The third kappa shape index (κ3) is 5.07. The van der Waals surface area contributed by atoms with Gasteiger partial charge in [-0.05, 0) is 45.0 Å². The van der Waals surface area contributed by atoms with Crippen LogP contribution in [-0.4, -0.2) is 83.0 Å². The van der Waals surface area contributed by atoms with Gasteiger partial charge >= 0.3 is 0 Å². The fourth-order valence-electron chi connectivity index (χ4n) is 4.96. The Morgan fingerprint density at radius 2 is 1.86 bits per heavy atom. The number of likely N-dealkylation sites (tertiary alicyclic amines) is 1.